The summed E-state index contributed by atoms with van der Waals surface area (Å²) in [7, 11) is 0. The van der Waals surface area contributed by atoms with Gasteiger partial charge in [0.15, 0.2) is 0 Å². The Hall–Kier alpha value is -3.55. The van der Waals surface area contributed by atoms with Gasteiger partial charge in [0, 0.05) is 11.8 Å². The van der Waals surface area contributed by atoms with Gasteiger partial charge in [0.2, 0.25) is 0 Å². The molecule has 1 heterocycles. The van der Waals surface area contributed by atoms with Crippen molar-refractivity contribution in [2.75, 3.05) is 12.0 Å². The fourth-order valence-electron chi connectivity index (χ4n) is 2.70. The predicted molar refractivity (Wildman–Crippen MR) is 117 cm³/mol. The Balaban J connectivity index is 2.24. The minimum absolute atomic E-state index is 0.243. The molecule has 0 fully saturated rings. The number of alkyl halides is 3. The molecule has 0 aliphatic carbocycles. The first-order chi connectivity index (χ1) is 14.6. The van der Waals surface area contributed by atoms with Gasteiger partial charge < -0.3 is 4.74 Å². The van der Waals surface area contributed by atoms with E-state index >= 15 is 0 Å². The number of allylic oxidation sites excluding steroid dienone is 7. The average Bonchev–Trinajstić information content (AvgIpc) is 2.75. The first-order valence-corrected chi connectivity index (χ1v) is 9.40. The van der Waals surface area contributed by atoms with E-state index < -0.39 is 6.36 Å². The number of rotatable bonds is 6. The highest BCUT2D eigenvalue weighted by atomic mass is 19.4. The van der Waals surface area contributed by atoms with Crippen molar-refractivity contribution in [2.45, 2.75) is 27.1 Å². The second-order valence-electron chi connectivity index (χ2n) is 6.78. The summed E-state index contributed by atoms with van der Waals surface area (Å²) in [6.07, 6.45) is 6.16. The van der Waals surface area contributed by atoms with Crippen LogP contribution in [0.15, 0.2) is 88.1 Å². The Kier molecular flexibility index (Phi) is 8.01. The molecule has 0 bridgehead atoms. The first-order valence-electron chi connectivity index (χ1n) is 9.40. The van der Waals surface area contributed by atoms with Gasteiger partial charge in [0.05, 0.1) is 12.2 Å². The van der Waals surface area contributed by atoms with Crippen molar-refractivity contribution in [1.29, 1.82) is 0 Å². The molecule has 0 spiro atoms. The van der Waals surface area contributed by atoms with Crippen molar-refractivity contribution in [3.63, 3.8) is 0 Å². The normalized spacial score (nSPS) is 21.1. The van der Waals surface area contributed by atoms with E-state index in [2.05, 4.69) is 21.9 Å². The van der Waals surface area contributed by atoms with Crippen molar-refractivity contribution < 1.29 is 22.7 Å². The van der Waals surface area contributed by atoms with E-state index in [4.69, 9.17) is 0 Å². The molecule has 0 saturated heterocycles. The molecule has 0 radical (unpaired) electrons. The van der Waals surface area contributed by atoms with Crippen molar-refractivity contribution in [3.05, 3.63) is 83.1 Å². The zero-order valence-electron chi connectivity index (χ0n) is 17.5. The van der Waals surface area contributed by atoms with Crippen LogP contribution in [0.2, 0.25) is 0 Å². The van der Waals surface area contributed by atoms with Gasteiger partial charge in [-0.3, -0.25) is 15.2 Å². The van der Waals surface area contributed by atoms with Gasteiger partial charge >= 0.3 is 6.36 Å². The third-order valence-corrected chi connectivity index (χ3v) is 4.46. The number of aliphatic imine (C=N–C) groups is 1. The largest absolute Gasteiger partial charge is 0.573 e. The summed E-state index contributed by atoms with van der Waals surface area (Å²) < 4.78 is 40.8. The fourth-order valence-corrected chi connectivity index (χ4v) is 2.70. The van der Waals surface area contributed by atoms with E-state index in [1.807, 2.05) is 38.2 Å². The molecule has 0 saturated carbocycles. The Morgan fingerprint density at radius 2 is 1.94 bits per heavy atom. The summed E-state index contributed by atoms with van der Waals surface area (Å²) in [5.74, 6) is -0.579. The average molecular weight is 431 g/mol. The zero-order valence-corrected chi connectivity index (χ0v) is 17.5. The summed E-state index contributed by atoms with van der Waals surface area (Å²) in [6, 6.07) is 5.18. The van der Waals surface area contributed by atoms with Crippen molar-refractivity contribution in [3.8, 4) is 5.75 Å². The van der Waals surface area contributed by atoms with E-state index in [0.717, 1.165) is 16.7 Å². The fraction of sp³-hybridized carbons (Fsp3) is 0.217. The second kappa shape index (κ2) is 10.5. The molecular weight excluding hydrogens is 407 g/mol. The maximum absolute atomic E-state index is 12.9. The SMILES string of the molecule is C=N\C=C/C=C(C)/C1=C/C(C)=C(\C)C(=O)N(Nc2ccc(OC(F)(F)F)cc2)C\C=C\1. The molecule has 1 aliphatic heterocycles. The van der Waals surface area contributed by atoms with Crippen molar-refractivity contribution >= 4 is 18.3 Å². The molecule has 1 aromatic rings. The van der Waals surface area contributed by atoms with Crippen LogP contribution in [-0.2, 0) is 4.79 Å². The Labute approximate surface area is 179 Å². The number of nitrogens with one attached hydrogen (secondary N) is 1. The van der Waals surface area contributed by atoms with Crippen LogP contribution in [0.5, 0.6) is 5.75 Å². The smallest absolute Gasteiger partial charge is 0.406 e. The van der Waals surface area contributed by atoms with Gasteiger partial charge in [-0.15, -0.1) is 13.2 Å². The summed E-state index contributed by atoms with van der Waals surface area (Å²) >= 11 is 0. The third kappa shape index (κ3) is 7.33. The molecule has 164 valence electrons. The maximum Gasteiger partial charge on any atom is 0.573 e. The molecule has 0 unspecified atom stereocenters. The van der Waals surface area contributed by atoms with Gasteiger partial charge in [-0.25, -0.2) is 5.01 Å². The Bertz CT molecular complexity index is 969. The Morgan fingerprint density at radius 3 is 2.55 bits per heavy atom. The number of carbonyl (C=O) groups is 1. The van der Waals surface area contributed by atoms with Crippen molar-refractivity contribution in [2.24, 2.45) is 4.99 Å². The van der Waals surface area contributed by atoms with Gasteiger partial charge in [0.1, 0.15) is 5.75 Å². The standard InChI is InChI=1S/C23H24F3N3O2/c1-16(7-5-13-27-4)19-8-6-14-29(22(30)18(3)17(2)15-19)28-20-9-11-21(12-10-20)31-23(24,25)26/h5-13,15,28H,4,14H2,1-3H3/b8-6+,13-5-,16-7+,18-17+,19-15+. The minimum Gasteiger partial charge on any atom is -0.406 e. The number of anilines is 1. The minimum atomic E-state index is -4.76. The highest BCUT2D eigenvalue weighted by molar-refractivity contribution is 5.95. The summed E-state index contributed by atoms with van der Waals surface area (Å²) in [6.45, 7) is 9.17. The number of carbonyl (C=O) groups excluding carboxylic acids is 1. The molecule has 1 aliphatic rings. The molecule has 1 aromatic carbocycles. The van der Waals surface area contributed by atoms with Crippen LogP contribution in [-0.4, -0.2) is 30.5 Å². The second-order valence-corrected chi connectivity index (χ2v) is 6.78. The number of nitrogens with zero attached hydrogens (tertiary/aromatic N) is 2. The van der Waals surface area contributed by atoms with Gasteiger partial charge in [-0.2, -0.15) is 0 Å². The van der Waals surface area contributed by atoms with Gasteiger partial charge in [-0.05, 0) is 74.5 Å². The van der Waals surface area contributed by atoms with E-state index in [1.54, 1.807) is 19.2 Å². The van der Waals surface area contributed by atoms with Crippen LogP contribution < -0.4 is 10.2 Å². The number of ether oxygens (including phenoxy) is 1. The van der Waals surface area contributed by atoms with Crippen LogP contribution in [0.1, 0.15) is 20.8 Å². The predicted octanol–water partition coefficient (Wildman–Crippen LogP) is 5.73. The highest BCUT2D eigenvalue weighted by Crippen LogP contribution is 2.25. The van der Waals surface area contributed by atoms with E-state index in [1.165, 1.54) is 29.3 Å². The number of hydrogen-bond acceptors (Lipinski definition) is 4. The zero-order chi connectivity index (χ0) is 23.0. The quantitative estimate of drug-likeness (QED) is 0.462. The topological polar surface area (TPSA) is 53.9 Å². The maximum atomic E-state index is 12.9. The van der Waals surface area contributed by atoms with Crippen LogP contribution >= 0.6 is 0 Å². The molecule has 0 atom stereocenters. The molecule has 1 amide bonds. The highest BCUT2D eigenvalue weighted by Gasteiger charge is 2.31. The molecule has 0 aromatic heterocycles. The number of hydrazine groups is 1. The molecule has 1 N–H and O–H groups in total. The van der Waals surface area contributed by atoms with Gasteiger partial charge in [-0.1, -0.05) is 24.3 Å². The van der Waals surface area contributed by atoms with Crippen LogP contribution in [0.3, 0.4) is 0 Å². The third-order valence-electron chi connectivity index (χ3n) is 4.46. The van der Waals surface area contributed by atoms with E-state index in [-0.39, 0.29) is 18.2 Å². The van der Waals surface area contributed by atoms with E-state index in [9.17, 15) is 18.0 Å². The van der Waals surface area contributed by atoms with Gasteiger partial charge in [0.25, 0.3) is 5.91 Å². The molecule has 2 rings (SSSR count). The number of amides is 1. The van der Waals surface area contributed by atoms with Crippen LogP contribution in [0.25, 0.3) is 0 Å². The molecular formula is C23H24F3N3O2. The van der Waals surface area contributed by atoms with Crippen molar-refractivity contribution in [1.82, 2.24) is 5.01 Å². The van der Waals surface area contributed by atoms with Crippen LogP contribution in [0, 0.1) is 0 Å². The monoisotopic (exact) mass is 431 g/mol. The Morgan fingerprint density at radius 1 is 1.26 bits per heavy atom. The molecule has 31 heavy (non-hydrogen) atoms. The number of hydrogen-bond donors (Lipinski definition) is 1. The molecule has 5 nitrogen and oxygen atoms in total. The number of benzene rings is 1. The summed E-state index contributed by atoms with van der Waals surface area (Å²) in [5, 5.41) is 1.40. The lowest BCUT2D eigenvalue weighted by atomic mass is 10.0. The molecule has 8 heteroatoms. The lowest BCUT2D eigenvalue weighted by Gasteiger charge is -2.24. The summed E-state index contributed by atoms with van der Waals surface area (Å²) in [4.78, 5) is 16.6. The first kappa shape index (κ1) is 23.7. The summed E-state index contributed by atoms with van der Waals surface area (Å²) in [5.41, 5.74) is 6.66. The van der Waals surface area contributed by atoms with E-state index in [0.29, 0.717) is 11.3 Å². The number of halogens is 3. The lowest BCUT2D eigenvalue weighted by molar-refractivity contribution is -0.274. The lowest BCUT2D eigenvalue weighted by Crippen LogP contribution is -2.37. The van der Waals surface area contributed by atoms with Crippen LogP contribution in [0.4, 0.5) is 18.9 Å².